The van der Waals surface area contributed by atoms with Crippen molar-refractivity contribution in [3.8, 4) is 0 Å². The average Bonchev–Trinajstić information content (AvgIpc) is 2.75. The second kappa shape index (κ2) is 16.7. The molecule has 1 N–H and O–H groups in total. The molecule has 7 nitrogen and oxygen atoms in total. The summed E-state index contributed by atoms with van der Waals surface area (Å²) in [6.07, 6.45) is 1.51. The van der Waals surface area contributed by atoms with Crippen molar-refractivity contribution < 1.29 is 19.1 Å². The molecule has 0 aliphatic carbocycles. The van der Waals surface area contributed by atoms with Crippen molar-refractivity contribution in [2.45, 2.75) is 40.7 Å². The van der Waals surface area contributed by atoms with Crippen molar-refractivity contribution in [1.82, 2.24) is 15.1 Å². The first kappa shape index (κ1) is 26.8. The lowest BCUT2D eigenvalue weighted by Gasteiger charge is -2.34. The van der Waals surface area contributed by atoms with Gasteiger partial charge in [0.05, 0.1) is 0 Å². The van der Waals surface area contributed by atoms with E-state index in [1.807, 2.05) is 57.0 Å². The fourth-order valence-electron chi connectivity index (χ4n) is 2.69. The van der Waals surface area contributed by atoms with Crippen LogP contribution < -0.4 is 5.32 Å². The van der Waals surface area contributed by atoms with E-state index in [2.05, 4.69) is 10.2 Å². The van der Waals surface area contributed by atoms with E-state index < -0.39 is 0 Å². The molecule has 0 unspecified atom stereocenters. The molecular weight excluding hydrogens is 370 g/mol. The Bertz CT molecular complexity index is 599. The highest BCUT2D eigenvalue weighted by Crippen LogP contribution is 2.11. The van der Waals surface area contributed by atoms with Gasteiger partial charge in [-0.25, -0.2) is 0 Å². The van der Waals surface area contributed by atoms with Gasteiger partial charge in [-0.2, -0.15) is 0 Å². The lowest BCUT2D eigenvalue weighted by atomic mass is 10.1. The van der Waals surface area contributed by atoms with Gasteiger partial charge in [0.2, 0.25) is 0 Å². The zero-order chi connectivity index (χ0) is 22.1. The molecule has 0 aromatic heterocycles. The van der Waals surface area contributed by atoms with Gasteiger partial charge < -0.3 is 19.7 Å². The summed E-state index contributed by atoms with van der Waals surface area (Å²) >= 11 is 0. The maximum Gasteiger partial charge on any atom is 0.302 e. The maximum atomic E-state index is 12.6. The van der Waals surface area contributed by atoms with Crippen molar-refractivity contribution >= 4 is 18.2 Å². The molecule has 0 radical (unpaired) electrons. The zero-order valence-corrected chi connectivity index (χ0v) is 18.6. The molecule has 0 spiro atoms. The minimum absolute atomic E-state index is 0.0857. The Morgan fingerprint density at radius 2 is 1.79 bits per heavy atom. The van der Waals surface area contributed by atoms with Crippen LogP contribution in [0.15, 0.2) is 24.3 Å². The van der Waals surface area contributed by atoms with Crippen LogP contribution in [0, 0.1) is 0 Å². The number of nitrogens with one attached hydrogen (secondary N) is 1. The Hall–Kier alpha value is -2.25. The third-order valence-corrected chi connectivity index (χ3v) is 4.09. The first-order valence-electron chi connectivity index (χ1n) is 10.3. The van der Waals surface area contributed by atoms with Crippen molar-refractivity contribution in [3.05, 3.63) is 35.4 Å². The quantitative estimate of drug-likeness (QED) is 0.552. The van der Waals surface area contributed by atoms with Crippen LogP contribution >= 0.6 is 0 Å². The van der Waals surface area contributed by atoms with Crippen LogP contribution in [0.4, 0.5) is 0 Å². The molecule has 1 amide bonds. The van der Waals surface area contributed by atoms with E-state index in [1.54, 1.807) is 0 Å². The molecule has 164 valence electrons. The van der Waals surface area contributed by atoms with Crippen LogP contribution in [0.2, 0.25) is 0 Å². The minimum atomic E-state index is -0.250. The van der Waals surface area contributed by atoms with Crippen LogP contribution in [-0.2, 0) is 20.9 Å². The standard InChI is InChI=1S/C17H25N3O3.C3H6O.C2H6/c1-14(21)23-11-10-19-6-8-20(9-7-19)17(22)16-5-3-4-15(12-16)13-18-2;1-2-3-4;1-2/h3-5,12,18H,6-11,13H2,1-2H3;3H,2H2,1H3;1-2H3. The Balaban J connectivity index is 0.00000116. The lowest BCUT2D eigenvalue weighted by Crippen LogP contribution is -2.49. The van der Waals surface area contributed by atoms with Crippen molar-refractivity contribution in [1.29, 1.82) is 0 Å². The summed E-state index contributed by atoms with van der Waals surface area (Å²) in [7, 11) is 1.89. The Labute approximate surface area is 175 Å². The van der Waals surface area contributed by atoms with E-state index >= 15 is 0 Å². The number of piperazine rings is 1. The van der Waals surface area contributed by atoms with E-state index in [4.69, 9.17) is 4.74 Å². The summed E-state index contributed by atoms with van der Waals surface area (Å²) in [5.74, 6) is -0.164. The number of hydrogen-bond donors (Lipinski definition) is 1. The van der Waals surface area contributed by atoms with E-state index in [1.165, 1.54) is 6.92 Å². The van der Waals surface area contributed by atoms with Gasteiger partial charge in [0.1, 0.15) is 12.9 Å². The third-order valence-electron chi connectivity index (χ3n) is 4.09. The van der Waals surface area contributed by atoms with E-state index in [0.29, 0.717) is 26.1 Å². The van der Waals surface area contributed by atoms with Gasteiger partial charge in [0, 0.05) is 58.2 Å². The smallest absolute Gasteiger partial charge is 0.302 e. The Kier molecular flexibility index (Phi) is 15.4. The number of esters is 1. The molecule has 1 aliphatic rings. The first-order valence-corrected chi connectivity index (χ1v) is 10.3. The number of carbonyl (C=O) groups excluding carboxylic acids is 3. The number of ether oxygens (including phenoxy) is 1. The number of nitrogens with zero attached hydrogens (tertiary/aromatic N) is 2. The van der Waals surface area contributed by atoms with Crippen LogP contribution in [0.5, 0.6) is 0 Å². The highest BCUT2D eigenvalue weighted by molar-refractivity contribution is 5.94. The lowest BCUT2D eigenvalue weighted by molar-refractivity contribution is -0.141. The molecule has 1 heterocycles. The number of carbonyl (C=O) groups is 3. The summed E-state index contributed by atoms with van der Waals surface area (Å²) in [4.78, 5) is 36.6. The minimum Gasteiger partial charge on any atom is -0.465 e. The average molecular weight is 408 g/mol. The summed E-state index contributed by atoms with van der Waals surface area (Å²) in [6.45, 7) is 12.1. The Morgan fingerprint density at radius 3 is 2.31 bits per heavy atom. The predicted octanol–water partition coefficient (Wildman–Crippen LogP) is 2.35. The Morgan fingerprint density at radius 1 is 1.17 bits per heavy atom. The van der Waals surface area contributed by atoms with Gasteiger partial charge in [-0.15, -0.1) is 0 Å². The van der Waals surface area contributed by atoms with Crippen molar-refractivity contribution in [2.75, 3.05) is 46.4 Å². The topological polar surface area (TPSA) is 79.0 Å². The van der Waals surface area contributed by atoms with Gasteiger partial charge >= 0.3 is 5.97 Å². The zero-order valence-electron chi connectivity index (χ0n) is 18.6. The highest BCUT2D eigenvalue weighted by Gasteiger charge is 2.22. The van der Waals surface area contributed by atoms with Crippen LogP contribution in [0.25, 0.3) is 0 Å². The predicted molar refractivity (Wildman–Crippen MR) is 116 cm³/mol. The SMILES string of the molecule is CC.CCC=O.CNCc1cccc(C(=O)N2CCN(CCOC(C)=O)CC2)c1. The van der Waals surface area contributed by atoms with Gasteiger partial charge in [0.25, 0.3) is 5.91 Å². The maximum absolute atomic E-state index is 12.6. The van der Waals surface area contributed by atoms with E-state index in [9.17, 15) is 14.4 Å². The molecule has 1 aromatic rings. The molecule has 7 heteroatoms. The fourth-order valence-corrected chi connectivity index (χ4v) is 2.69. The summed E-state index contributed by atoms with van der Waals surface area (Å²) in [5, 5.41) is 3.10. The van der Waals surface area contributed by atoms with Gasteiger partial charge in [-0.3, -0.25) is 14.5 Å². The summed E-state index contributed by atoms with van der Waals surface area (Å²) in [6, 6.07) is 7.76. The number of amides is 1. The first-order chi connectivity index (χ1) is 14.0. The van der Waals surface area contributed by atoms with Gasteiger partial charge in [-0.1, -0.05) is 32.9 Å². The third kappa shape index (κ3) is 11.4. The molecular formula is C22H37N3O4. The second-order valence-corrected chi connectivity index (χ2v) is 6.28. The number of benzene rings is 1. The van der Waals surface area contributed by atoms with E-state index in [0.717, 1.165) is 43.6 Å². The molecule has 0 atom stereocenters. The summed E-state index contributed by atoms with van der Waals surface area (Å²) < 4.78 is 4.96. The normalized spacial score (nSPS) is 13.3. The largest absolute Gasteiger partial charge is 0.465 e. The molecule has 1 saturated heterocycles. The number of aldehydes is 1. The number of hydrogen-bond acceptors (Lipinski definition) is 6. The number of rotatable bonds is 7. The second-order valence-electron chi connectivity index (χ2n) is 6.28. The molecule has 1 aromatic carbocycles. The van der Waals surface area contributed by atoms with Crippen LogP contribution in [-0.4, -0.2) is 74.3 Å². The van der Waals surface area contributed by atoms with Gasteiger partial charge in [-0.05, 0) is 24.7 Å². The highest BCUT2D eigenvalue weighted by atomic mass is 16.5. The molecule has 1 fully saturated rings. The fraction of sp³-hybridized carbons (Fsp3) is 0.591. The van der Waals surface area contributed by atoms with Gasteiger partial charge in [0.15, 0.2) is 0 Å². The van der Waals surface area contributed by atoms with Crippen molar-refractivity contribution in [3.63, 3.8) is 0 Å². The molecule has 1 aliphatic heterocycles. The van der Waals surface area contributed by atoms with Crippen LogP contribution in [0.1, 0.15) is 50.0 Å². The molecule has 0 bridgehead atoms. The molecule has 0 saturated carbocycles. The van der Waals surface area contributed by atoms with Crippen LogP contribution in [0.3, 0.4) is 0 Å². The van der Waals surface area contributed by atoms with Crippen molar-refractivity contribution in [2.24, 2.45) is 0 Å². The molecule has 2 rings (SSSR count). The van der Waals surface area contributed by atoms with E-state index in [-0.39, 0.29) is 11.9 Å². The molecule has 29 heavy (non-hydrogen) atoms. The monoisotopic (exact) mass is 407 g/mol. The summed E-state index contributed by atoms with van der Waals surface area (Å²) in [5.41, 5.74) is 1.85.